The van der Waals surface area contributed by atoms with E-state index in [1.54, 1.807) is 16.0 Å². The van der Waals surface area contributed by atoms with Crippen LogP contribution >= 0.6 is 54.5 Å². The first kappa shape index (κ1) is 37.3. The third-order valence-corrected chi connectivity index (χ3v) is 7.75. The third-order valence-electron chi connectivity index (χ3n) is 6.17. The molecule has 43 heavy (non-hydrogen) atoms. The number of halogens is 3. The smallest absolute Gasteiger partial charge is 0.410 e. The lowest BCUT2D eigenvalue weighted by Crippen LogP contribution is -2.46. The highest BCUT2D eigenvalue weighted by Crippen LogP contribution is 2.33. The number of carbonyl (C=O) groups excluding carboxylic acids is 3. The summed E-state index contributed by atoms with van der Waals surface area (Å²) in [6, 6.07) is 7.59. The van der Waals surface area contributed by atoms with Crippen molar-refractivity contribution in [2.24, 2.45) is 0 Å². The number of piperidine rings is 2. The van der Waals surface area contributed by atoms with Crippen LogP contribution < -0.4 is 0 Å². The summed E-state index contributed by atoms with van der Waals surface area (Å²) in [7, 11) is 0. The van der Waals surface area contributed by atoms with Crippen LogP contribution in [0.3, 0.4) is 0 Å². The molecule has 4 rings (SSSR count). The standard InChI is InChI=1S/C15H21BrN2O3.C10H17NO3.C5H3BrIN/c1-14(2,3)21-13(19)18-8-6-15(20,7-9-18)11-4-5-12(16)17-10-11;1-10(2,3)14-9(13)11-6-4-8(12)5-7-11;6-5-2-1-4(7)3-8-5/h4-5,10,20H,6-9H2,1-3H3;4-7H2,1-3H3;1-3H. The van der Waals surface area contributed by atoms with Crippen molar-refractivity contribution in [1.29, 1.82) is 0 Å². The van der Waals surface area contributed by atoms with Crippen LogP contribution in [0.4, 0.5) is 9.59 Å². The molecule has 0 saturated carbocycles. The van der Waals surface area contributed by atoms with Gasteiger partial charge in [0.15, 0.2) is 0 Å². The number of aromatic nitrogens is 2. The molecule has 0 spiro atoms. The zero-order valence-electron chi connectivity index (χ0n) is 25.5. The Kier molecular flexibility index (Phi) is 14.3. The lowest BCUT2D eigenvalue weighted by Gasteiger charge is -2.38. The molecule has 0 unspecified atom stereocenters. The van der Waals surface area contributed by atoms with E-state index in [2.05, 4.69) is 64.4 Å². The van der Waals surface area contributed by atoms with E-state index >= 15 is 0 Å². The molecule has 2 aromatic heterocycles. The molecular formula is C30H41Br2IN4O6. The van der Waals surface area contributed by atoms with Crippen LogP contribution in [0, 0.1) is 3.57 Å². The zero-order chi connectivity index (χ0) is 32.4. The predicted octanol–water partition coefficient (Wildman–Crippen LogP) is 7.10. The van der Waals surface area contributed by atoms with E-state index in [1.165, 1.54) is 0 Å². The quantitative estimate of drug-likeness (QED) is 0.239. The molecular weight excluding hydrogens is 799 g/mol. The van der Waals surface area contributed by atoms with Gasteiger partial charge in [-0.25, -0.2) is 19.6 Å². The lowest BCUT2D eigenvalue weighted by molar-refractivity contribution is -0.121. The Bertz CT molecular complexity index is 1180. The molecule has 0 aliphatic carbocycles. The van der Waals surface area contributed by atoms with Crippen molar-refractivity contribution in [3.05, 3.63) is 55.0 Å². The molecule has 2 saturated heterocycles. The number of likely N-dealkylation sites (tertiary alicyclic amines) is 2. The number of amides is 2. The Balaban J connectivity index is 0.000000251. The number of carbonyl (C=O) groups is 3. The summed E-state index contributed by atoms with van der Waals surface area (Å²) >= 11 is 8.73. The summed E-state index contributed by atoms with van der Waals surface area (Å²) in [5.74, 6) is 0.227. The van der Waals surface area contributed by atoms with Crippen molar-refractivity contribution in [3.63, 3.8) is 0 Å². The first-order valence-electron chi connectivity index (χ1n) is 14.0. The Morgan fingerprint density at radius 1 is 0.814 bits per heavy atom. The van der Waals surface area contributed by atoms with Crippen LogP contribution in [0.25, 0.3) is 0 Å². The fourth-order valence-electron chi connectivity index (χ4n) is 3.95. The molecule has 0 atom stereocenters. The molecule has 1 N–H and O–H groups in total. The average Bonchev–Trinajstić information content (AvgIpc) is 2.90. The van der Waals surface area contributed by atoms with Gasteiger partial charge in [0.05, 0.1) is 5.60 Å². The van der Waals surface area contributed by atoms with E-state index in [4.69, 9.17) is 9.47 Å². The monoisotopic (exact) mass is 838 g/mol. The number of Topliss-reactive ketones (excluding diaryl/α,β-unsaturated/α-hetero) is 1. The van der Waals surface area contributed by atoms with Crippen molar-refractivity contribution in [1.82, 2.24) is 19.8 Å². The van der Waals surface area contributed by atoms with Crippen molar-refractivity contribution >= 4 is 72.4 Å². The minimum absolute atomic E-state index is 0.227. The molecule has 0 radical (unpaired) electrons. The molecule has 238 valence electrons. The van der Waals surface area contributed by atoms with Crippen molar-refractivity contribution < 1.29 is 29.0 Å². The van der Waals surface area contributed by atoms with Crippen molar-refractivity contribution in [3.8, 4) is 0 Å². The maximum atomic E-state index is 12.0. The van der Waals surface area contributed by atoms with Gasteiger partial charge in [0.25, 0.3) is 0 Å². The Labute approximate surface area is 284 Å². The van der Waals surface area contributed by atoms with Crippen LogP contribution in [-0.4, -0.2) is 80.2 Å². The minimum Gasteiger partial charge on any atom is -0.444 e. The van der Waals surface area contributed by atoms with Gasteiger partial charge in [-0.1, -0.05) is 6.07 Å². The third kappa shape index (κ3) is 14.2. The normalized spacial score (nSPS) is 16.7. The number of ketones is 1. The van der Waals surface area contributed by atoms with Gasteiger partial charge < -0.3 is 24.4 Å². The van der Waals surface area contributed by atoms with Gasteiger partial charge in [-0.3, -0.25) is 4.79 Å². The zero-order valence-corrected chi connectivity index (χ0v) is 30.9. The minimum atomic E-state index is -0.924. The topological polar surface area (TPSA) is 122 Å². The summed E-state index contributed by atoms with van der Waals surface area (Å²) in [4.78, 5) is 45.8. The molecule has 0 bridgehead atoms. The summed E-state index contributed by atoms with van der Waals surface area (Å²) < 4.78 is 13.3. The second-order valence-corrected chi connectivity index (χ2v) is 15.0. The van der Waals surface area contributed by atoms with Gasteiger partial charge >= 0.3 is 12.2 Å². The highest BCUT2D eigenvalue weighted by molar-refractivity contribution is 14.1. The number of hydrogen-bond acceptors (Lipinski definition) is 8. The molecule has 0 aromatic carbocycles. The molecule has 2 aliphatic heterocycles. The molecule has 2 amide bonds. The highest BCUT2D eigenvalue weighted by atomic mass is 127. The van der Waals surface area contributed by atoms with Gasteiger partial charge in [0.1, 0.15) is 26.2 Å². The molecule has 13 heteroatoms. The molecule has 2 fully saturated rings. The first-order chi connectivity index (χ1) is 19.9. The van der Waals surface area contributed by atoms with E-state index in [1.807, 2.05) is 72.0 Å². The lowest BCUT2D eigenvalue weighted by atomic mass is 9.85. The van der Waals surface area contributed by atoms with Crippen molar-refractivity contribution in [2.75, 3.05) is 26.2 Å². The summed E-state index contributed by atoms with van der Waals surface area (Å²) in [6.07, 6.45) is 4.73. The summed E-state index contributed by atoms with van der Waals surface area (Å²) in [6.45, 7) is 13.0. The summed E-state index contributed by atoms with van der Waals surface area (Å²) in [5, 5.41) is 10.7. The maximum absolute atomic E-state index is 12.0. The number of nitrogens with zero attached hydrogens (tertiary/aromatic N) is 4. The fraction of sp³-hybridized carbons (Fsp3) is 0.567. The van der Waals surface area contributed by atoms with E-state index in [0.717, 1.165) is 18.3 Å². The number of hydrogen-bond donors (Lipinski definition) is 1. The SMILES string of the molecule is Brc1ccc(I)cn1.CC(C)(C)OC(=O)N1CCC(=O)CC1.CC(C)(C)OC(=O)N1CCC(O)(c2ccc(Br)nc2)CC1. The van der Waals surface area contributed by atoms with Gasteiger partial charge in [-0.2, -0.15) is 0 Å². The molecule has 2 aliphatic rings. The fourth-order valence-corrected chi connectivity index (χ4v) is 4.74. The number of ether oxygens (including phenoxy) is 2. The molecule has 10 nitrogen and oxygen atoms in total. The first-order valence-corrected chi connectivity index (χ1v) is 16.6. The van der Waals surface area contributed by atoms with Crippen LogP contribution in [0.2, 0.25) is 0 Å². The Hall–Kier alpha value is -1.84. The molecule has 4 heterocycles. The van der Waals surface area contributed by atoms with E-state index in [-0.39, 0.29) is 18.0 Å². The van der Waals surface area contributed by atoms with Gasteiger partial charge in [-0.05, 0) is 127 Å². The van der Waals surface area contributed by atoms with Crippen LogP contribution in [0.15, 0.2) is 45.9 Å². The van der Waals surface area contributed by atoms with Crippen LogP contribution in [0.5, 0.6) is 0 Å². The number of aliphatic hydroxyl groups is 1. The second kappa shape index (κ2) is 16.5. The molecule has 2 aromatic rings. The highest BCUT2D eigenvalue weighted by Gasteiger charge is 2.37. The summed E-state index contributed by atoms with van der Waals surface area (Å²) in [5.41, 5.74) is -1.10. The number of pyridine rings is 2. The Morgan fingerprint density at radius 3 is 1.63 bits per heavy atom. The van der Waals surface area contributed by atoms with E-state index in [0.29, 0.717) is 51.9 Å². The van der Waals surface area contributed by atoms with Crippen molar-refractivity contribution in [2.45, 2.75) is 84.0 Å². The van der Waals surface area contributed by atoms with Gasteiger partial charge in [0.2, 0.25) is 0 Å². The van der Waals surface area contributed by atoms with Crippen LogP contribution in [0.1, 0.15) is 72.8 Å². The van der Waals surface area contributed by atoms with Gasteiger partial charge in [-0.15, -0.1) is 0 Å². The predicted molar refractivity (Wildman–Crippen MR) is 180 cm³/mol. The maximum Gasteiger partial charge on any atom is 0.410 e. The Morgan fingerprint density at radius 2 is 1.26 bits per heavy atom. The largest absolute Gasteiger partial charge is 0.444 e. The van der Waals surface area contributed by atoms with E-state index in [9.17, 15) is 19.5 Å². The second-order valence-electron chi connectivity index (χ2n) is 12.2. The van der Waals surface area contributed by atoms with Crippen LogP contribution in [-0.2, 0) is 19.9 Å². The van der Waals surface area contributed by atoms with E-state index < -0.39 is 16.8 Å². The average molecular weight is 840 g/mol. The number of rotatable bonds is 1. The van der Waals surface area contributed by atoms with Gasteiger partial charge in [0, 0.05) is 60.5 Å².